The average Bonchev–Trinajstić information content (AvgIpc) is 3.67. The quantitative estimate of drug-likeness (QED) is 0.229. The molecule has 1 aliphatic rings. The van der Waals surface area contributed by atoms with E-state index < -0.39 is 0 Å². The van der Waals surface area contributed by atoms with E-state index in [9.17, 15) is 0 Å². The molecule has 4 heteroatoms. The molecule has 0 radical (unpaired) electrons. The van der Waals surface area contributed by atoms with E-state index >= 15 is 0 Å². The Bertz CT molecular complexity index is 2220. The largest absolute Gasteiger partial charge is 0.308 e. The first kappa shape index (κ1) is 19.3. The zero-order valence-electron chi connectivity index (χ0n) is 19.9. The lowest BCUT2D eigenvalue weighted by molar-refractivity contribution is 1.16. The summed E-state index contributed by atoms with van der Waals surface area (Å²) < 4.78 is 4.59. The van der Waals surface area contributed by atoms with E-state index in [-0.39, 0.29) is 0 Å². The van der Waals surface area contributed by atoms with Crippen molar-refractivity contribution in [3.63, 3.8) is 0 Å². The van der Waals surface area contributed by atoms with Crippen LogP contribution in [-0.4, -0.2) is 18.9 Å². The van der Waals surface area contributed by atoms with Gasteiger partial charge in [-0.2, -0.15) is 0 Å². The number of rotatable bonds is 1. The second-order valence-electron chi connectivity index (χ2n) is 9.87. The molecule has 0 saturated heterocycles. The second-order valence-corrected chi connectivity index (χ2v) is 9.87. The fraction of sp³-hybridized carbons (Fsp3) is 0.0303. The van der Waals surface area contributed by atoms with Gasteiger partial charge in [-0.05, 0) is 52.6 Å². The Balaban J connectivity index is 1.58. The molecule has 8 aromatic rings. The summed E-state index contributed by atoms with van der Waals surface area (Å²) >= 11 is 0. The molecule has 4 aromatic carbocycles. The number of nitrogens with zero attached hydrogens (tertiary/aromatic N) is 4. The summed E-state index contributed by atoms with van der Waals surface area (Å²) in [5.41, 5.74) is 11.0. The van der Waals surface area contributed by atoms with Crippen molar-refractivity contribution in [2.75, 3.05) is 0 Å². The number of para-hydroxylation sites is 1. The molecule has 172 valence electrons. The van der Waals surface area contributed by atoms with Crippen molar-refractivity contribution < 1.29 is 0 Å². The minimum absolute atomic E-state index is 0.928. The van der Waals surface area contributed by atoms with Crippen LogP contribution in [0.25, 0.3) is 66.1 Å². The summed E-state index contributed by atoms with van der Waals surface area (Å²) in [6.07, 6.45) is 6.68. The maximum absolute atomic E-state index is 4.79. The number of hydrogen-bond acceptors (Lipinski definition) is 2. The van der Waals surface area contributed by atoms with Crippen molar-refractivity contribution in [2.24, 2.45) is 0 Å². The SMILES string of the molecule is c1ccc(-n2c3c4c(ccc3c3ccc5c(c6cccnc6n6ccnc56)c32)-c2ccccc2C4)cc1. The molecule has 4 nitrogen and oxygen atoms in total. The van der Waals surface area contributed by atoms with Crippen molar-refractivity contribution in [1.82, 2.24) is 18.9 Å². The fourth-order valence-corrected chi connectivity index (χ4v) is 6.57. The van der Waals surface area contributed by atoms with Crippen LogP contribution in [0.1, 0.15) is 11.1 Å². The van der Waals surface area contributed by atoms with Gasteiger partial charge in [-0.15, -0.1) is 0 Å². The van der Waals surface area contributed by atoms with Crippen molar-refractivity contribution in [3.05, 3.63) is 121 Å². The summed E-state index contributed by atoms with van der Waals surface area (Å²) in [7, 11) is 0. The highest BCUT2D eigenvalue weighted by Crippen LogP contribution is 2.46. The Morgan fingerprint density at radius 2 is 1.30 bits per heavy atom. The maximum atomic E-state index is 4.79. The van der Waals surface area contributed by atoms with E-state index in [0.717, 1.165) is 28.5 Å². The molecule has 0 aliphatic heterocycles. The molecule has 0 atom stereocenters. The van der Waals surface area contributed by atoms with Gasteiger partial charge in [-0.1, -0.05) is 60.7 Å². The van der Waals surface area contributed by atoms with Crippen LogP contribution in [0.3, 0.4) is 0 Å². The highest BCUT2D eigenvalue weighted by atomic mass is 15.0. The third kappa shape index (κ3) is 2.37. The predicted octanol–water partition coefficient (Wildman–Crippen LogP) is 7.70. The molecular formula is C33H20N4. The molecule has 1 aliphatic carbocycles. The number of hydrogen-bond donors (Lipinski definition) is 0. The van der Waals surface area contributed by atoms with E-state index in [1.54, 1.807) is 0 Å². The van der Waals surface area contributed by atoms with Crippen LogP contribution < -0.4 is 0 Å². The normalized spacial score (nSPS) is 12.8. The first-order chi connectivity index (χ1) is 18.4. The summed E-state index contributed by atoms with van der Waals surface area (Å²) in [6, 6.07) is 33.0. The molecule has 0 N–H and O–H groups in total. The van der Waals surface area contributed by atoms with Gasteiger partial charge in [0.05, 0.1) is 11.0 Å². The molecule has 4 heterocycles. The van der Waals surface area contributed by atoms with Crippen LogP contribution in [0.2, 0.25) is 0 Å². The molecule has 0 amide bonds. The first-order valence-electron chi connectivity index (χ1n) is 12.6. The molecule has 0 unspecified atom stereocenters. The number of aromatic nitrogens is 4. The third-order valence-electron chi connectivity index (χ3n) is 8.05. The smallest absolute Gasteiger partial charge is 0.146 e. The van der Waals surface area contributed by atoms with Gasteiger partial charge in [0.2, 0.25) is 0 Å². The Hall–Kier alpha value is -4.96. The van der Waals surface area contributed by atoms with Gasteiger partial charge in [0.15, 0.2) is 0 Å². The van der Waals surface area contributed by atoms with Gasteiger partial charge in [-0.3, -0.25) is 4.40 Å². The Labute approximate surface area is 212 Å². The molecule has 37 heavy (non-hydrogen) atoms. The van der Waals surface area contributed by atoms with E-state index in [0.29, 0.717) is 0 Å². The summed E-state index contributed by atoms with van der Waals surface area (Å²) in [6.45, 7) is 0. The zero-order valence-corrected chi connectivity index (χ0v) is 19.9. The fourth-order valence-electron chi connectivity index (χ4n) is 6.57. The lowest BCUT2D eigenvalue weighted by Crippen LogP contribution is -1.99. The van der Waals surface area contributed by atoms with E-state index in [2.05, 4.69) is 93.9 Å². The molecule has 0 spiro atoms. The van der Waals surface area contributed by atoms with E-state index in [1.165, 1.54) is 55.1 Å². The lowest BCUT2D eigenvalue weighted by atomic mass is 10.0. The number of fused-ring (bicyclic) bond motifs is 14. The van der Waals surface area contributed by atoms with Crippen LogP contribution in [0.4, 0.5) is 0 Å². The number of pyridine rings is 2. The molecule has 9 rings (SSSR count). The first-order valence-corrected chi connectivity index (χ1v) is 12.6. The second kappa shape index (κ2) is 6.83. The monoisotopic (exact) mass is 472 g/mol. The van der Waals surface area contributed by atoms with Crippen LogP contribution in [0.15, 0.2) is 110 Å². The topological polar surface area (TPSA) is 35.1 Å². The summed E-state index contributed by atoms with van der Waals surface area (Å²) in [4.78, 5) is 9.55. The zero-order chi connectivity index (χ0) is 24.1. The van der Waals surface area contributed by atoms with Gasteiger partial charge < -0.3 is 4.57 Å². The molecule has 0 fully saturated rings. The van der Waals surface area contributed by atoms with Crippen LogP contribution in [0, 0.1) is 0 Å². The van der Waals surface area contributed by atoms with Crippen LogP contribution in [-0.2, 0) is 6.42 Å². The minimum atomic E-state index is 0.928. The van der Waals surface area contributed by atoms with Crippen LogP contribution in [0.5, 0.6) is 0 Å². The van der Waals surface area contributed by atoms with Crippen molar-refractivity contribution in [2.45, 2.75) is 6.42 Å². The predicted molar refractivity (Wildman–Crippen MR) is 151 cm³/mol. The van der Waals surface area contributed by atoms with Gasteiger partial charge in [0, 0.05) is 57.6 Å². The van der Waals surface area contributed by atoms with Gasteiger partial charge in [0.1, 0.15) is 11.3 Å². The Kier molecular flexibility index (Phi) is 3.55. The third-order valence-corrected chi connectivity index (χ3v) is 8.05. The maximum Gasteiger partial charge on any atom is 0.146 e. The molecule has 4 aromatic heterocycles. The highest BCUT2D eigenvalue weighted by Gasteiger charge is 2.26. The molecule has 0 saturated carbocycles. The number of imidazole rings is 1. The van der Waals surface area contributed by atoms with Gasteiger partial charge in [0.25, 0.3) is 0 Å². The highest BCUT2D eigenvalue weighted by molar-refractivity contribution is 6.27. The van der Waals surface area contributed by atoms with Gasteiger partial charge >= 0.3 is 0 Å². The van der Waals surface area contributed by atoms with Gasteiger partial charge in [-0.25, -0.2) is 9.97 Å². The summed E-state index contributed by atoms with van der Waals surface area (Å²) in [5, 5.41) is 6.01. The van der Waals surface area contributed by atoms with E-state index in [4.69, 9.17) is 9.97 Å². The summed E-state index contributed by atoms with van der Waals surface area (Å²) in [5.74, 6) is 0. The minimum Gasteiger partial charge on any atom is -0.308 e. The lowest BCUT2D eigenvalue weighted by Gasteiger charge is -2.14. The van der Waals surface area contributed by atoms with Crippen LogP contribution >= 0.6 is 0 Å². The van der Waals surface area contributed by atoms with Crippen molar-refractivity contribution in [1.29, 1.82) is 0 Å². The average molecular weight is 473 g/mol. The Morgan fingerprint density at radius 1 is 0.568 bits per heavy atom. The molecular weight excluding hydrogens is 452 g/mol. The standard InChI is InChI=1S/C33H20N4/c1-2-8-21(9-3-1)37-30-24(13-12-23-22-10-5-4-7-20(22)19-28(23)30)25-14-15-27-29(31(25)37)26-11-6-16-34-32(26)36-18-17-35-33(27)36/h1-18H,19H2. The van der Waals surface area contributed by atoms with Crippen molar-refractivity contribution in [3.8, 4) is 16.8 Å². The number of benzene rings is 4. The Morgan fingerprint density at radius 3 is 2.22 bits per heavy atom. The van der Waals surface area contributed by atoms with Crippen molar-refractivity contribution >= 4 is 49.3 Å². The van der Waals surface area contributed by atoms with E-state index in [1.807, 2.05) is 24.7 Å². The molecule has 0 bridgehead atoms.